The standard InChI is InChI=1S/C14H14ClN3/c1-8-5-9(2)12(10(3)6-8)14-17-13(15)11(7-16)18(14)4/h5-6H,1-4H3. The molecular formula is C14H14ClN3. The second kappa shape index (κ2) is 4.47. The molecule has 0 aliphatic rings. The van der Waals surface area contributed by atoms with Gasteiger partial charge in [-0.3, -0.25) is 0 Å². The van der Waals surface area contributed by atoms with Gasteiger partial charge in [0.25, 0.3) is 0 Å². The lowest BCUT2D eigenvalue weighted by Gasteiger charge is -2.11. The summed E-state index contributed by atoms with van der Waals surface area (Å²) in [5, 5.41) is 9.31. The van der Waals surface area contributed by atoms with Crippen molar-refractivity contribution in [3.63, 3.8) is 0 Å². The second-order valence-corrected chi connectivity index (χ2v) is 4.88. The highest BCUT2D eigenvalue weighted by molar-refractivity contribution is 6.30. The van der Waals surface area contributed by atoms with Gasteiger partial charge in [-0.1, -0.05) is 29.3 Å². The van der Waals surface area contributed by atoms with E-state index in [1.54, 1.807) is 4.57 Å². The molecule has 0 radical (unpaired) electrons. The van der Waals surface area contributed by atoms with Gasteiger partial charge < -0.3 is 4.57 Å². The molecular weight excluding hydrogens is 246 g/mol. The van der Waals surface area contributed by atoms with E-state index in [0.717, 1.165) is 22.5 Å². The maximum atomic E-state index is 9.05. The van der Waals surface area contributed by atoms with E-state index in [-0.39, 0.29) is 5.15 Å². The molecule has 0 bridgehead atoms. The van der Waals surface area contributed by atoms with E-state index in [1.165, 1.54) is 5.56 Å². The highest BCUT2D eigenvalue weighted by Crippen LogP contribution is 2.30. The van der Waals surface area contributed by atoms with Gasteiger partial charge in [0, 0.05) is 12.6 Å². The molecule has 0 saturated heterocycles. The summed E-state index contributed by atoms with van der Waals surface area (Å²) in [5.74, 6) is 0.742. The van der Waals surface area contributed by atoms with Crippen LogP contribution in [-0.2, 0) is 7.05 Å². The van der Waals surface area contributed by atoms with Gasteiger partial charge in [0.15, 0.2) is 10.8 Å². The minimum Gasteiger partial charge on any atom is -0.318 e. The average Bonchev–Trinajstić information content (AvgIpc) is 2.53. The van der Waals surface area contributed by atoms with Gasteiger partial charge in [0.05, 0.1) is 0 Å². The van der Waals surface area contributed by atoms with Crippen LogP contribution in [0.5, 0.6) is 0 Å². The van der Waals surface area contributed by atoms with Gasteiger partial charge in [0.1, 0.15) is 11.9 Å². The molecule has 1 aromatic carbocycles. The lowest BCUT2D eigenvalue weighted by Crippen LogP contribution is -1.99. The molecule has 4 heteroatoms. The SMILES string of the molecule is Cc1cc(C)c(-c2nc(Cl)c(C#N)n2C)c(C)c1. The first-order chi connectivity index (χ1) is 8.45. The van der Waals surface area contributed by atoms with Gasteiger partial charge >= 0.3 is 0 Å². The molecule has 1 aromatic heterocycles. The smallest absolute Gasteiger partial charge is 0.166 e. The molecule has 0 amide bonds. The Balaban J connectivity index is 2.75. The predicted octanol–water partition coefficient (Wildman–Crippen LogP) is 3.54. The Labute approximate surface area is 112 Å². The van der Waals surface area contributed by atoms with Gasteiger partial charge in [0.2, 0.25) is 0 Å². The van der Waals surface area contributed by atoms with E-state index in [0.29, 0.717) is 5.69 Å². The zero-order valence-electron chi connectivity index (χ0n) is 10.9. The number of imidazole rings is 1. The van der Waals surface area contributed by atoms with Crippen molar-refractivity contribution in [2.24, 2.45) is 7.05 Å². The average molecular weight is 260 g/mol. The van der Waals surface area contributed by atoms with Gasteiger partial charge in [-0.25, -0.2) is 4.98 Å². The number of nitrogens with zero attached hydrogens (tertiary/aromatic N) is 3. The molecule has 18 heavy (non-hydrogen) atoms. The number of aryl methyl sites for hydroxylation is 3. The Hall–Kier alpha value is -1.79. The van der Waals surface area contributed by atoms with Crippen molar-refractivity contribution < 1.29 is 0 Å². The van der Waals surface area contributed by atoms with Crippen LogP contribution in [0.4, 0.5) is 0 Å². The zero-order valence-corrected chi connectivity index (χ0v) is 11.6. The fourth-order valence-corrected chi connectivity index (χ4v) is 2.59. The first-order valence-corrected chi connectivity index (χ1v) is 6.04. The van der Waals surface area contributed by atoms with E-state index >= 15 is 0 Å². The molecule has 0 N–H and O–H groups in total. The third-order valence-electron chi connectivity index (χ3n) is 3.06. The fraction of sp³-hybridized carbons (Fsp3) is 0.286. The van der Waals surface area contributed by atoms with E-state index < -0.39 is 0 Å². The summed E-state index contributed by atoms with van der Waals surface area (Å²) in [4.78, 5) is 4.31. The largest absolute Gasteiger partial charge is 0.318 e. The molecule has 0 aliphatic heterocycles. The Kier molecular flexibility index (Phi) is 3.14. The van der Waals surface area contributed by atoms with E-state index in [4.69, 9.17) is 16.9 Å². The number of hydrogen-bond donors (Lipinski definition) is 0. The zero-order chi connectivity index (χ0) is 13.4. The Morgan fingerprint density at radius 3 is 2.22 bits per heavy atom. The number of nitriles is 1. The Morgan fingerprint density at radius 1 is 1.22 bits per heavy atom. The minimum absolute atomic E-state index is 0.259. The quantitative estimate of drug-likeness (QED) is 0.786. The van der Waals surface area contributed by atoms with E-state index in [2.05, 4.69) is 30.1 Å². The van der Waals surface area contributed by atoms with Crippen molar-refractivity contribution in [1.82, 2.24) is 9.55 Å². The third-order valence-corrected chi connectivity index (χ3v) is 3.32. The molecule has 1 heterocycles. The molecule has 2 aromatic rings. The maximum Gasteiger partial charge on any atom is 0.166 e. The van der Waals surface area contributed by atoms with Crippen LogP contribution in [-0.4, -0.2) is 9.55 Å². The summed E-state index contributed by atoms with van der Waals surface area (Å²) < 4.78 is 1.74. The normalized spacial score (nSPS) is 10.4. The van der Waals surface area contributed by atoms with Gasteiger partial charge in [-0.15, -0.1) is 0 Å². The topological polar surface area (TPSA) is 41.6 Å². The third kappa shape index (κ3) is 1.89. The van der Waals surface area contributed by atoms with Crippen molar-refractivity contribution in [3.05, 3.63) is 39.7 Å². The highest BCUT2D eigenvalue weighted by Gasteiger charge is 2.17. The van der Waals surface area contributed by atoms with Crippen molar-refractivity contribution in [2.75, 3.05) is 0 Å². The first-order valence-electron chi connectivity index (χ1n) is 5.66. The molecule has 3 nitrogen and oxygen atoms in total. The molecule has 0 unspecified atom stereocenters. The number of rotatable bonds is 1. The molecule has 92 valence electrons. The van der Waals surface area contributed by atoms with Crippen LogP contribution in [0.25, 0.3) is 11.4 Å². The summed E-state index contributed by atoms with van der Waals surface area (Å²) in [6.07, 6.45) is 0. The van der Waals surface area contributed by atoms with E-state index in [9.17, 15) is 0 Å². The second-order valence-electron chi connectivity index (χ2n) is 4.52. The molecule has 0 fully saturated rings. The molecule has 0 aliphatic carbocycles. The van der Waals surface area contributed by atoms with Crippen LogP contribution in [0.15, 0.2) is 12.1 Å². The Bertz CT molecular complexity index is 639. The minimum atomic E-state index is 0.259. The van der Waals surface area contributed by atoms with Crippen molar-refractivity contribution in [3.8, 4) is 17.5 Å². The fourth-order valence-electron chi connectivity index (χ4n) is 2.34. The predicted molar refractivity (Wildman–Crippen MR) is 72.6 cm³/mol. The maximum absolute atomic E-state index is 9.05. The van der Waals surface area contributed by atoms with Crippen molar-refractivity contribution >= 4 is 11.6 Å². The Morgan fingerprint density at radius 2 is 1.78 bits per heavy atom. The summed E-state index contributed by atoms with van der Waals surface area (Å²) in [6.45, 7) is 6.16. The lowest BCUT2D eigenvalue weighted by molar-refractivity contribution is 0.904. The number of hydrogen-bond acceptors (Lipinski definition) is 2. The molecule has 2 rings (SSSR count). The highest BCUT2D eigenvalue weighted by atomic mass is 35.5. The number of halogens is 1. The van der Waals surface area contributed by atoms with Crippen LogP contribution < -0.4 is 0 Å². The molecule has 0 atom stereocenters. The van der Waals surface area contributed by atoms with Gasteiger partial charge in [-0.2, -0.15) is 5.26 Å². The van der Waals surface area contributed by atoms with Gasteiger partial charge in [-0.05, 0) is 31.9 Å². The summed E-state index contributed by atoms with van der Waals surface area (Å²) >= 11 is 5.98. The van der Waals surface area contributed by atoms with Crippen LogP contribution >= 0.6 is 11.6 Å². The lowest BCUT2D eigenvalue weighted by atomic mass is 9.99. The van der Waals surface area contributed by atoms with Crippen LogP contribution in [0.2, 0.25) is 5.15 Å². The van der Waals surface area contributed by atoms with Crippen molar-refractivity contribution in [1.29, 1.82) is 5.26 Å². The molecule has 0 spiro atoms. The summed E-state index contributed by atoms with van der Waals surface area (Å²) in [7, 11) is 1.81. The van der Waals surface area contributed by atoms with Crippen LogP contribution in [0.1, 0.15) is 22.4 Å². The molecule has 0 saturated carbocycles. The summed E-state index contributed by atoms with van der Waals surface area (Å²) in [6, 6.07) is 6.29. The summed E-state index contributed by atoms with van der Waals surface area (Å²) in [5.41, 5.74) is 4.94. The first kappa shape index (κ1) is 12.7. The number of benzene rings is 1. The monoisotopic (exact) mass is 259 g/mol. The van der Waals surface area contributed by atoms with E-state index in [1.807, 2.05) is 20.9 Å². The van der Waals surface area contributed by atoms with Crippen LogP contribution in [0.3, 0.4) is 0 Å². The number of aromatic nitrogens is 2. The van der Waals surface area contributed by atoms with Crippen molar-refractivity contribution in [2.45, 2.75) is 20.8 Å². The van der Waals surface area contributed by atoms with Crippen LogP contribution in [0, 0.1) is 32.1 Å².